The molecule has 0 saturated heterocycles. The highest BCUT2D eigenvalue weighted by molar-refractivity contribution is 7.89. The SMILES string of the molecule is CCCc1cc(C(=O)O)cc(NCCS(=O)(=O)N(C)C)n1. The third kappa shape index (κ3) is 5.31. The van der Waals surface area contributed by atoms with Crippen molar-refractivity contribution in [2.45, 2.75) is 19.8 Å². The van der Waals surface area contributed by atoms with Crippen LogP contribution in [-0.2, 0) is 16.4 Å². The Kier molecular flexibility index (Phi) is 6.10. The number of rotatable bonds is 8. The quantitative estimate of drug-likeness (QED) is 0.743. The molecule has 0 bridgehead atoms. The van der Waals surface area contributed by atoms with Crippen LogP contribution < -0.4 is 5.32 Å². The highest BCUT2D eigenvalue weighted by Crippen LogP contribution is 2.12. The highest BCUT2D eigenvalue weighted by atomic mass is 32.2. The average Bonchev–Trinajstić information content (AvgIpc) is 2.38. The molecule has 1 rings (SSSR count). The molecule has 1 aromatic heterocycles. The van der Waals surface area contributed by atoms with Crippen molar-refractivity contribution in [3.8, 4) is 0 Å². The number of nitrogens with one attached hydrogen (secondary N) is 1. The van der Waals surface area contributed by atoms with Gasteiger partial charge < -0.3 is 10.4 Å². The highest BCUT2D eigenvalue weighted by Gasteiger charge is 2.13. The van der Waals surface area contributed by atoms with E-state index in [4.69, 9.17) is 5.11 Å². The van der Waals surface area contributed by atoms with Crippen LogP contribution in [0.3, 0.4) is 0 Å². The monoisotopic (exact) mass is 315 g/mol. The Balaban J connectivity index is 2.81. The van der Waals surface area contributed by atoms with Crippen LogP contribution in [0.2, 0.25) is 0 Å². The van der Waals surface area contributed by atoms with Gasteiger partial charge in [0.15, 0.2) is 0 Å². The van der Waals surface area contributed by atoms with Crippen LogP contribution in [0.4, 0.5) is 5.82 Å². The van der Waals surface area contributed by atoms with E-state index < -0.39 is 16.0 Å². The van der Waals surface area contributed by atoms with Gasteiger partial charge in [-0.15, -0.1) is 0 Å². The predicted molar refractivity (Wildman–Crippen MR) is 81.2 cm³/mol. The minimum absolute atomic E-state index is 0.0813. The molecule has 2 N–H and O–H groups in total. The fraction of sp³-hybridized carbons (Fsp3) is 0.538. The average molecular weight is 315 g/mol. The maximum atomic E-state index is 11.6. The molecule has 7 nitrogen and oxygen atoms in total. The predicted octanol–water partition coefficient (Wildman–Crippen LogP) is 1.04. The van der Waals surface area contributed by atoms with Gasteiger partial charge in [0, 0.05) is 26.3 Å². The molecule has 21 heavy (non-hydrogen) atoms. The van der Waals surface area contributed by atoms with Gasteiger partial charge in [0.25, 0.3) is 0 Å². The van der Waals surface area contributed by atoms with E-state index in [1.807, 2.05) is 6.92 Å². The zero-order chi connectivity index (χ0) is 16.0. The Bertz CT molecular complexity index is 599. The molecule has 1 heterocycles. The number of aryl methyl sites for hydroxylation is 1. The second-order valence-corrected chi connectivity index (χ2v) is 7.12. The zero-order valence-corrected chi connectivity index (χ0v) is 13.3. The van der Waals surface area contributed by atoms with Gasteiger partial charge in [0.2, 0.25) is 10.0 Å². The molecule has 0 unspecified atom stereocenters. The Morgan fingerprint density at radius 3 is 2.57 bits per heavy atom. The summed E-state index contributed by atoms with van der Waals surface area (Å²) >= 11 is 0. The number of aromatic nitrogens is 1. The van der Waals surface area contributed by atoms with Crippen molar-refractivity contribution in [1.82, 2.24) is 9.29 Å². The molecule has 0 aliphatic rings. The molecule has 8 heteroatoms. The van der Waals surface area contributed by atoms with Crippen LogP contribution in [-0.4, -0.2) is 55.2 Å². The van der Waals surface area contributed by atoms with Gasteiger partial charge >= 0.3 is 5.97 Å². The lowest BCUT2D eigenvalue weighted by atomic mass is 10.1. The molecule has 0 amide bonds. The molecule has 0 spiro atoms. The van der Waals surface area contributed by atoms with Gasteiger partial charge in [-0.3, -0.25) is 0 Å². The van der Waals surface area contributed by atoms with Crippen molar-refractivity contribution in [2.24, 2.45) is 0 Å². The lowest BCUT2D eigenvalue weighted by molar-refractivity contribution is 0.0696. The number of hydrogen-bond acceptors (Lipinski definition) is 5. The lowest BCUT2D eigenvalue weighted by Gasteiger charge is -2.12. The molecule has 0 aromatic carbocycles. The fourth-order valence-electron chi connectivity index (χ4n) is 1.68. The van der Waals surface area contributed by atoms with E-state index in [2.05, 4.69) is 10.3 Å². The maximum Gasteiger partial charge on any atom is 0.335 e. The van der Waals surface area contributed by atoms with Crippen molar-refractivity contribution >= 4 is 21.8 Å². The number of sulfonamides is 1. The summed E-state index contributed by atoms with van der Waals surface area (Å²) in [6.07, 6.45) is 1.52. The molecule has 0 atom stereocenters. The lowest BCUT2D eigenvalue weighted by Crippen LogP contribution is -2.28. The van der Waals surface area contributed by atoms with E-state index in [1.165, 1.54) is 26.2 Å². The third-order valence-corrected chi connectivity index (χ3v) is 4.69. The summed E-state index contributed by atoms with van der Waals surface area (Å²) in [6, 6.07) is 2.94. The summed E-state index contributed by atoms with van der Waals surface area (Å²) in [5.74, 6) is -0.728. The summed E-state index contributed by atoms with van der Waals surface area (Å²) in [6.45, 7) is 2.15. The van der Waals surface area contributed by atoms with Gasteiger partial charge in [-0.1, -0.05) is 13.3 Å². The smallest absolute Gasteiger partial charge is 0.335 e. The first-order chi connectivity index (χ1) is 9.76. The molecule has 0 radical (unpaired) electrons. The van der Waals surface area contributed by atoms with E-state index in [9.17, 15) is 13.2 Å². The second-order valence-electron chi connectivity index (χ2n) is 4.81. The second kappa shape index (κ2) is 7.37. The van der Waals surface area contributed by atoms with E-state index in [0.29, 0.717) is 17.9 Å². The van der Waals surface area contributed by atoms with Crippen molar-refractivity contribution < 1.29 is 18.3 Å². The Morgan fingerprint density at radius 1 is 1.38 bits per heavy atom. The standard InChI is InChI=1S/C13H21N3O4S/c1-4-5-11-8-10(13(17)18)9-12(15-11)14-6-7-21(19,20)16(2)3/h8-9H,4-7H2,1-3H3,(H,14,15)(H,17,18). The van der Waals surface area contributed by atoms with Crippen molar-refractivity contribution in [2.75, 3.05) is 31.7 Å². The number of aromatic carboxylic acids is 1. The minimum Gasteiger partial charge on any atom is -0.478 e. The van der Waals surface area contributed by atoms with Crippen LogP contribution in [0.5, 0.6) is 0 Å². The normalized spacial score (nSPS) is 11.6. The van der Waals surface area contributed by atoms with Crippen LogP contribution in [0.15, 0.2) is 12.1 Å². The van der Waals surface area contributed by atoms with Crippen LogP contribution in [0.1, 0.15) is 29.4 Å². The molecule has 0 aliphatic carbocycles. The van der Waals surface area contributed by atoms with Crippen molar-refractivity contribution in [3.63, 3.8) is 0 Å². The summed E-state index contributed by atoms with van der Waals surface area (Å²) in [7, 11) is -0.348. The fourth-order valence-corrected chi connectivity index (χ4v) is 2.40. The van der Waals surface area contributed by atoms with Gasteiger partial charge in [0.05, 0.1) is 11.3 Å². The van der Waals surface area contributed by atoms with E-state index in [1.54, 1.807) is 0 Å². The van der Waals surface area contributed by atoms with Gasteiger partial charge in [-0.05, 0) is 18.6 Å². The Morgan fingerprint density at radius 2 is 2.05 bits per heavy atom. The summed E-state index contributed by atoms with van der Waals surface area (Å²) in [5, 5.41) is 11.9. The minimum atomic E-state index is -3.29. The molecular weight excluding hydrogens is 294 g/mol. The van der Waals surface area contributed by atoms with Crippen molar-refractivity contribution in [3.05, 3.63) is 23.4 Å². The van der Waals surface area contributed by atoms with Gasteiger partial charge in [-0.25, -0.2) is 22.5 Å². The number of anilines is 1. The first kappa shape index (κ1) is 17.4. The largest absolute Gasteiger partial charge is 0.478 e. The first-order valence-electron chi connectivity index (χ1n) is 6.64. The van der Waals surface area contributed by atoms with E-state index in [0.717, 1.165) is 10.7 Å². The number of carbonyl (C=O) groups is 1. The van der Waals surface area contributed by atoms with Crippen LogP contribution in [0, 0.1) is 0 Å². The number of hydrogen-bond donors (Lipinski definition) is 2. The van der Waals surface area contributed by atoms with Gasteiger partial charge in [-0.2, -0.15) is 0 Å². The summed E-state index contributed by atoms with van der Waals surface area (Å²) in [5.41, 5.74) is 0.821. The molecule has 118 valence electrons. The summed E-state index contributed by atoms with van der Waals surface area (Å²) < 4.78 is 24.4. The van der Waals surface area contributed by atoms with Crippen LogP contribution in [0.25, 0.3) is 0 Å². The number of carboxylic acid groups (broad SMARTS) is 1. The van der Waals surface area contributed by atoms with Crippen LogP contribution >= 0.6 is 0 Å². The maximum absolute atomic E-state index is 11.6. The molecule has 0 aliphatic heterocycles. The van der Waals surface area contributed by atoms with E-state index >= 15 is 0 Å². The number of carboxylic acids is 1. The zero-order valence-electron chi connectivity index (χ0n) is 12.5. The molecular formula is C13H21N3O4S. The number of pyridine rings is 1. The summed E-state index contributed by atoms with van der Waals surface area (Å²) in [4.78, 5) is 15.4. The van der Waals surface area contributed by atoms with Crippen molar-refractivity contribution in [1.29, 1.82) is 0 Å². The number of nitrogens with zero attached hydrogens (tertiary/aromatic N) is 2. The third-order valence-electron chi connectivity index (χ3n) is 2.85. The molecule has 1 aromatic rings. The first-order valence-corrected chi connectivity index (χ1v) is 8.25. The Hall–Kier alpha value is -1.67. The van der Waals surface area contributed by atoms with E-state index in [-0.39, 0.29) is 17.9 Å². The topological polar surface area (TPSA) is 99.6 Å². The molecule has 0 saturated carbocycles. The Labute approximate surface area is 125 Å². The van der Waals surface area contributed by atoms with Gasteiger partial charge in [0.1, 0.15) is 5.82 Å². The molecule has 0 fully saturated rings.